The van der Waals surface area contributed by atoms with Crippen molar-refractivity contribution in [2.45, 2.75) is 58.5 Å². The summed E-state index contributed by atoms with van der Waals surface area (Å²) < 4.78 is 0. The summed E-state index contributed by atoms with van der Waals surface area (Å²) in [6.45, 7) is 14.4. The van der Waals surface area contributed by atoms with Crippen LogP contribution in [0.5, 0.6) is 0 Å². The molecule has 2 rings (SSSR count). The molecular weight excluding hydrogens is 282 g/mol. The largest absolute Gasteiger partial charge is 0.382 e. The van der Waals surface area contributed by atoms with Crippen molar-refractivity contribution in [3.63, 3.8) is 0 Å². The van der Waals surface area contributed by atoms with Gasteiger partial charge in [-0.25, -0.2) is 0 Å². The Hall–Kier alpha value is -1.28. The Morgan fingerprint density at radius 1 is 0.955 bits per heavy atom. The number of allylic oxidation sites excluding steroid dienone is 3. The van der Waals surface area contributed by atoms with Crippen LogP contribution in [0.1, 0.15) is 48.0 Å². The van der Waals surface area contributed by atoms with Crippen LogP contribution in [0.4, 0.5) is 0 Å². The highest BCUT2D eigenvalue weighted by Gasteiger charge is 2.49. The van der Waals surface area contributed by atoms with E-state index in [2.05, 4.69) is 95.4 Å². The Kier molecular flexibility index (Phi) is 4.72. The van der Waals surface area contributed by atoms with E-state index in [9.17, 15) is 0 Å². The summed E-state index contributed by atoms with van der Waals surface area (Å²) in [6, 6.07) is 11.1. The molecule has 0 bridgehead atoms. The maximum absolute atomic E-state index is 3.93. The molecule has 0 aromatic heterocycles. The van der Waals surface area contributed by atoms with Crippen LogP contribution < -0.4 is 10.5 Å². The van der Waals surface area contributed by atoms with Gasteiger partial charge >= 0.3 is 0 Å². The van der Waals surface area contributed by atoms with Crippen molar-refractivity contribution in [3.8, 4) is 0 Å². The third kappa shape index (κ3) is 3.38. The molecule has 0 radical (unpaired) electrons. The maximum Gasteiger partial charge on any atom is 0.0631 e. The van der Waals surface area contributed by atoms with Crippen LogP contribution in [-0.4, -0.2) is 15.1 Å². The molecule has 1 atom stereocenters. The second kappa shape index (κ2) is 6.08. The molecule has 1 aliphatic rings. The van der Waals surface area contributed by atoms with Crippen molar-refractivity contribution < 1.29 is 0 Å². The summed E-state index contributed by atoms with van der Waals surface area (Å²) in [4.78, 5) is 0. The van der Waals surface area contributed by atoms with Gasteiger partial charge in [-0.05, 0) is 23.5 Å². The molecule has 0 aliphatic heterocycles. The van der Waals surface area contributed by atoms with Gasteiger partial charge in [0.05, 0.1) is 9.52 Å². The standard InChI is InChI=1S/C20H31NSi/c1-18(2,3)20(6,21-16-12-10-11-13-16)19(4,5)22-17-14-8-7-9-15-17/h7-12,14-15,21H,13,22H2,1-6H3. The first-order chi connectivity index (χ1) is 10.2. The van der Waals surface area contributed by atoms with Gasteiger partial charge < -0.3 is 5.32 Å². The zero-order valence-corrected chi connectivity index (χ0v) is 16.4. The predicted molar refractivity (Wildman–Crippen MR) is 101 cm³/mol. The van der Waals surface area contributed by atoms with Crippen LogP contribution in [0.2, 0.25) is 5.04 Å². The second-order valence-electron chi connectivity index (χ2n) is 8.37. The highest BCUT2D eigenvalue weighted by molar-refractivity contribution is 6.57. The third-order valence-electron chi connectivity index (χ3n) is 5.52. The molecule has 0 saturated heterocycles. The molecule has 22 heavy (non-hydrogen) atoms. The molecule has 1 N–H and O–H groups in total. The van der Waals surface area contributed by atoms with Gasteiger partial charge in [0.1, 0.15) is 0 Å². The Morgan fingerprint density at radius 3 is 2.09 bits per heavy atom. The Balaban J connectivity index is 2.30. The fourth-order valence-corrected chi connectivity index (χ4v) is 6.02. The second-order valence-corrected chi connectivity index (χ2v) is 11.3. The van der Waals surface area contributed by atoms with Crippen LogP contribution in [0.3, 0.4) is 0 Å². The normalized spacial score (nSPS) is 18.5. The van der Waals surface area contributed by atoms with Gasteiger partial charge in [0.25, 0.3) is 0 Å². The molecule has 120 valence electrons. The minimum absolute atomic E-state index is 0.0555. The van der Waals surface area contributed by atoms with E-state index in [4.69, 9.17) is 0 Å². The predicted octanol–water partition coefficient (Wildman–Crippen LogP) is 3.92. The quantitative estimate of drug-likeness (QED) is 0.813. The lowest BCUT2D eigenvalue weighted by atomic mass is 9.67. The number of nitrogens with one attached hydrogen (secondary N) is 1. The van der Waals surface area contributed by atoms with E-state index in [1.165, 1.54) is 5.70 Å². The first kappa shape index (κ1) is 17.1. The number of rotatable bonds is 5. The van der Waals surface area contributed by atoms with Crippen molar-refractivity contribution in [3.05, 3.63) is 54.3 Å². The average Bonchev–Trinajstić information content (AvgIpc) is 2.90. The van der Waals surface area contributed by atoms with Crippen LogP contribution in [0.15, 0.2) is 54.3 Å². The van der Waals surface area contributed by atoms with E-state index in [0.717, 1.165) is 6.42 Å². The number of benzene rings is 1. The van der Waals surface area contributed by atoms with Crippen molar-refractivity contribution in [1.82, 2.24) is 5.32 Å². The molecule has 2 heteroatoms. The van der Waals surface area contributed by atoms with Crippen LogP contribution in [0, 0.1) is 5.41 Å². The highest BCUT2D eigenvalue weighted by Crippen LogP contribution is 2.48. The first-order valence-corrected chi connectivity index (χ1v) is 9.75. The lowest BCUT2D eigenvalue weighted by Crippen LogP contribution is -2.61. The summed E-state index contributed by atoms with van der Waals surface area (Å²) >= 11 is 0. The van der Waals surface area contributed by atoms with E-state index in [1.807, 2.05) is 0 Å². The van der Waals surface area contributed by atoms with E-state index >= 15 is 0 Å². The summed E-state index contributed by atoms with van der Waals surface area (Å²) in [5.41, 5.74) is 1.59. The number of hydrogen-bond donors (Lipinski definition) is 1. The third-order valence-corrected chi connectivity index (χ3v) is 7.99. The Labute approximate surface area is 138 Å². The Morgan fingerprint density at radius 2 is 1.59 bits per heavy atom. The average molecular weight is 314 g/mol. The molecule has 0 saturated carbocycles. The summed E-state index contributed by atoms with van der Waals surface area (Å²) in [5.74, 6) is 0. The van der Waals surface area contributed by atoms with Crippen LogP contribution in [-0.2, 0) is 0 Å². The summed E-state index contributed by atoms with van der Waals surface area (Å²) in [6.07, 6.45) is 7.65. The number of hydrogen-bond acceptors (Lipinski definition) is 1. The maximum atomic E-state index is 3.93. The smallest absolute Gasteiger partial charge is 0.0631 e. The van der Waals surface area contributed by atoms with E-state index in [1.54, 1.807) is 5.19 Å². The van der Waals surface area contributed by atoms with Gasteiger partial charge in [-0.15, -0.1) is 0 Å². The molecule has 1 aromatic carbocycles. The molecule has 0 heterocycles. The topological polar surface area (TPSA) is 12.0 Å². The van der Waals surface area contributed by atoms with Crippen LogP contribution in [0.25, 0.3) is 0 Å². The van der Waals surface area contributed by atoms with E-state index < -0.39 is 9.52 Å². The fourth-order valence-electron chi connectivity index (χ4n) is 3.52. The first-order valence-electron chi connectivity index (χ1n) is 8.33. The lowest BCUT2D eigenvalue weighted by molar-refractivity contribution is 0.123. The van der Waals surface area contributed by atoms with Crippen molar-refractivity contribution in [2.75, 3.05) is 0 Å². The lowest BCUT2D eigenvalue weighted by Gasteiger charge is -2.54. The molecule has 0 spiro atoms. The molecule has 0 amide bonds. The van der Waals surface area contributed by atoms with Gasteiger partial charge in [0.2, 0.25) is 0 Å². The fraction of sp³-hybridized carbons (Fsp3) is 0.500. The summed E-state index contributed by atoms with van der Waals surface area (Å²) in [7, 11) is -0.415. The molecule has 1 unspecified atom stereocenters. The minimum atomic E-state index is -0.415. The van der Waals surface area contributed by atoms with Gasteiger partial charge in [-0.2, -0.15) is 0 Å². The van der Waals surface area contributed by atoms with Gasteiger partial charge in [0.15, 0.2) is 0 Å². The molecule has 0 fully saturated rings. The Bertz CT molecular complexity index is 563. The van der Waals surface area contributed by atoms with Gasteiger partial charge in [0, 0.05) is 17.7 Å². The SMILES string of the molecule is CC(C)(C)C(C)(NC1=CC=CC1)C(C)(C)[SiH2]c1ccccc1. The van der Waals surface area contributed by atoms with Crippen LogP contribution >= 0.6 is 0 Å². The van der Waals surface area contributed by atoms with Crippen molar-refractivity contribution in [1.29, 1.82) is 0 Å². The highest BCUT2D eigenvalue weighted by atomic mass is 28.2. The van der Waals surface area contributed by atoms with E-state index in [0.29, 0.717) is 0 Å². The van der Waals surface area contributed by atoms with Gasteiger partial charge in [-0.1, -0.05) is 82.3 Å². The monoisotopic (exact) mass is 313 g/mol. The van der Waals surface area contributed by atoms with Crippen molar-refractivity contribution >= 4 is 14.7 Å². The molecule has 1 aromatic rings. The molecule has 1 aliphatic carbocycles. The molecular formula is C20H31NSi. The summed E-state index contributed by atoms with van der Waals surface area (Å²) in [5, 5.41) is 5.73. The minimum Gasteiger partial charge on any atom is -0.382 e. The van der Waals surface area contributed by atoms with Gasteiger partial charge in [-0.3, -0.25) is 0 Å². The van der Waals surface area contributed by atoms with E-state index in [-0.39, 0.29) is 16.0 Å². The zero-order chi connectivity index (χ0) is 16.4. The van der Waals surface area contributed by atoms with Crippen molar-refractivity contribution in [2.24, 2.45) is 5.41 Å². The molecule has 1 nitrogen and oxygen atoms in total. The zero-order valence-electron chi connectivity index (χ0n) is 15.0.